The minimum Gasteiger partial charge on any atom is -0.490 e. The number of aromatic nitrogens is 1. The van der Waals surface area contributed by atoms with Crippen LogP contribution in [-0.4, -0.2) is 36.4 Å². The third-order valence-electron chi connectivity index (χ3n) is 3.14. The summed E-state index contributed by atoms with van der Waals surface area (Å²) in [6, 6.07) is 6.14. The van der Waals surface area contributed by atoms with Gasteiger partial charge in [0.2, 0.25) is 0 Å². The fourth-order valence-corrected chi connectivity index (χ4v) is 2.26. The molecule has 5 heteroatoms. The summed E-state index contributed by atoms with van der Waals surface area (Å²) in [6.07, 6.45) is 4.91. The van der Waals surface area contributed by atoms with E-state index in [1.54, 1.807) is 19.5 Å². The first-order valence-corrected chi connectivity index (χ1v) is 6.04. The molecule has 1 aromatic heterocycles. The van der Waals surface area contributed by atoms with Crippen LogP contribution in [0.5, 0.6) is 5.75 Å². The normalized spacial score (nSPS) is 23.8. The average Bonchev–Trinajstić information content (AvgIpc) is 2.80. The number of rotatable bonds is 5. The largest absolute Gasteiger partial charge is 0.490 e. The average molecular weight is 247 g/mol. The Bertz CT molecular complexity index is 404. The van der Waals surface area contributed by atoms with Gasteiger partial charge in [-0.15, -0.1) is 0 Å². The molecule has 0 aliphatic carbocycles. The number of hydroxylamine groups is 2. The summed E-state index contributed by atoms with van der Waals surface area (Å²) in [4.78, 5) is 9.32. The van der Waals surface area contributed by atoms with Crippen LogP contribution in [0.2, 0.25) is 0 Å². The van der Waals surface area contributed by atoms with Crippen molar-refractivity contribution in [3.63, 3.8) is 0 Å². The van der Waals surface area contributed by atoms with Gasteiger partial charge in [-0.05, 0) is 24.5 Å². The zero-order valence-corrected chi connectivity index (χ0v) is 10.5. The van der Waals surface area contributed by atoms with Crippen molar-refractivity contribution >= 4 is 0 Å². The molecule has 2 atom stereocenters. The van der Waals surface area contributed by atoms with Gasteiger partial charge in [0.1, 0.15) is 12.4 Å². The molecule has 1 aliphatic rings. The van der Waals surface area contributed by atoms with Crippen molar-refractivity contribution in [3.8, 4) is 11.8 Å². The Morgan fingerprint density at radius 1 is 1.61 bits per heavy atom. The van der Waals surface area contributed by atoms with E-state index in [0.717, 1.165) is 18.7 Å². The van der Waals surface area contributed by atoms with Gasteiger partial charge in [-0.25, -0.2) is 0 Å². The summed E-state index contributed by atoms with van der Waals surface area (Å²) in [5.74, 6) is 1.13. The summed E-state index contributed by atoms with van der Waals surface area (Å²) in [7, 11) is 1.66. The second-order valence-corrected chi connectivity index (χ2v) is 4.40. The van der Waals surface area contributed by atoms with Gasteiger partial charge in [0.15, 0.2) is 0 Å². The third kappa shape index (κ3) is 3.19. The van der Waals surface area contributed by atoms with Gasteiger partial charge in [-0.3, -0.25) is 4.98 Å². The van der Waals surface area contributed by atoms with E-state index in [1.165, 1.54) is 0 Å². The van der Waals surface area contributed by atoms with Crippen molar-refractivity contribution in [2.45, 2.75) is 18.9 Å². The number of hydrogen-bond donors (Lipinski definition) is 0. The maximum absolute atomic E-state index is 8.73. The quantitative estimate of drug-likeness (QED) is 0.791. The van der Waals surface area contributed by atoms with Crippen LogP contribution < -0.4 is 4.74 Å². The topological polar surface area (TPSA) is 58.4 Å². The molecule has 18 heavy (non-hydrogen) atoms. The van der Waals surface area contributed by atoms with E-state index in [0.29, 0.717) is 18.9 Å². The molecule has 1 aromatic rings. The molecule has 0 spiro atoms. The molecule has 2 heterocycles. The van der Waals surface area contributed by atoms with Crippen molar-refractivity contribution in [3.05, 3.63) is 24.5 Å². The van der Waals surface area contributed by atoms with Crippen molar-refractivity contribution in [1.82, 2.24) is 10.0 Å². The molecule has 0 saturated carbocycles. The molecule has 0 aromatic carbocycles. The highest BCUT2D eigenvalue weighted by atomic mass is 16.7. The number of nitriles is 1. The maximum atomic E-state index is 8.73. The lowest BCUT2D eigenvalue weighted by molar-refractivity contribution is -0.148. The minimum atomic E-state index is 0.202. The Kier molecular flexibility index (Phi) is 4.51. The maximum Gasteiger partial charge on any atom is 0.137 e. The molecule has 96 valence electrons. The Morgan fingerprint density at radius 2 is 2.50 bits per heavy atom. The van der Waals surface area contributed by atoms with Crippen LogP contribution in [0, 0.1) is 17.2 Å². The summed E-state index contributed by atoms with van der Waals surface area (Å²) >= 11 is 0. The SMILES string of the molecule is CON1CC(CC#N)CC1COc1cccnc1. The lowest BCUT2D eigenvalue weighted by atomic mass is 10.0. The van der Waals surface area contributed by atoms with Gasteiger partial charge >= 0.3 is 0 Å². The molecule has 1 saturated heterocycles. The molecule has 5 nitrogen and oxygen atoms in total. The fraction of sp³-hybridized carbons (Fsp3) is 0.538. The van der Waals surface area contributed by atoms with Crippen molar-refractivity contribution in [2.24, 2.45) is 5.92 Å². The van der Waals surface area contributed by atoms with Crippen LogP contribution in [-0.2, 0) is 4.84 Å². The van der Waals surface area contributed by atoms with Crippen molar-refractivity contribution in [1.29, 1.82) is 5.26 Å². The smallest absolute Gasteiger partial charge is 0.137 e. The second kappa shape index (κ2) is 6.34. The van der Waals surface area contributed by atoms with Crippen molar-refractivity contribution in [2.75, 3.05) is 20.3 Å². The van der Waals surface area contributed by atoms with E-state index in [2.05, 4.69) is 11.1 Å². The highest BCUT2D eigenvalue weighted by molar-refractivity contribution is 5.15. The Morgan fingerprint density at radius 3 is 3.17 bits per heavy atom. The molecule has 2 unspecified atom stereocenters. The third-order valence-corrected chi connectivity index (χ3v) is 3.14. The minimum absolute atomic E-state index is 0.202. The Hall–Kier alpha value is -1.64. The van der Waals surface area contributed by atoms with Crippen LogP contribution in [0.3, 0.4) is 0 Å². The number of pyridine rings is 1. The van der Waals surface area contributed by atoms with Crippen LogP contribution in [0.1, 0.15) is 12.8 Å². The first-order chi connectivity index (χ1) is 8.83. The highest BCUT2D eigenvalue weighted by Gasteiger charge is 2.32. The molecule has 0 bridgehead atoms. The second-order valence-electron chi connectivity index (χ2n) is 4.40. The lowest BCUT2D eigenvalue weighted by Crippen LogP contribution is -2.33. The molecule has 2 rings (SSSR count). The van der Waals surface area contributed by atoms with Crippen LogP contribution >= 0.6 is 0 Å². The standard InChI is InChI=1S/C13H17N3O2/c1-17-16-9-11(4-5-14)7-12(16)10-18-13-3-2-6-15-8-13/h2-3,6,8,11-12H,4,7,9-10H2,1H3. The summed E-state index contributed by atoms with van der Waals surface area (Å²) in [5.41, 5.74) is 0. The zero-order valence-electron chi connectivity index (χ0n) is 10.5. The molecule has 1 aliphatic heterocycles. The van der Waals surface area contributed by atoms with E-state index in [1.807, 2.05) is 17.2 Å². The van der Waals surface area contributed by atoms with Crippen LogP contribution in [0.4, 0.5) is 0 Å². The Labute approximate surface area is 107 Å². The number of nitrogens with zero attached hydrogens (tertiary/aromatic N) is 3. The van der Waals surface area contributed by atoms with Crippen molar-refractivity contribution < 1.29 is 9.57 Å². The van der Waals surface area contributed by atoms with Gasteiger partial charge < -0.3 is 9.57 Å². The van der Waals surface area contributed by atoms with Gasteiger partial charge in [-0.2, -0.15) is 10.3 Å². The van der Waals surface area contributed by atoms with Gasteiger partial charge in [-0.1, -0.05) is 0 Å². The highest BCUT2D eigenvalue weighted by Crippen LogP contribution is 2.26. The Balaban J connectivity index is 1.86. The summed E-state index contributed by atoms with van der Waals surface area (Å²) in [5, 5.41) is 10.6. The summed E-state index contributed by atoms with van der Waals surface area (Å²) < 4.78 is 5.68. The zero-order chi connectivity index (χ0) is 12.8. The van der Waals surface area contributed by atoms with E-state index in [4.69, 9.17) is 14.8 Å². The van der Waals surface area contributed by atoms with Gasteiger partial charge in [0.05, 0.1) is 25.4 Å². The molecule has 1 fully saturated rings. The molecular weight excluding hydrogens is 230 g/mol. The fourth-order valence-electron chi connectivity index (χ4n) is 2.26. The van der Waals surface area contributed by atoms with Crippen LogP contribution in [0.25, 0.3) is 0 Å². The monoisotopic (exact) mass is 247 g/mol. The molecule has 0 N–H and O–H groups in total. The molecule has 0 amide bonds. The van der Waals surface area contributed by atoms with E-state index >= 15 is 0 Å². The number of hydrogen-bond acceptors (Lipinski definition) is 5. The van der Waals surface area contributed by atoms with E-state index in [-0.39, 0.29) is 6.04 Å². The first-order valence-electron chi connectivity index (χ1n) is 6.04. The number of ether oxygens (including phenoxy) is 1. The molecular formula is C13H17N3O2. The van der Waals surface area contributed by atoms with Gasteiger partial charge in [0.25, 0.3) is 0 Å². The molecule has 0 radical (unpaired) electrons. The van der Waals surface area contributed by atoms with Crippen LogP contribution in [0.15, 0.2) is 24.5 Å². The predicted molar refractivity (Wildman–Crippen MR) is 65.6 cm³/mol. The first kappa shape index (κ1) is 12.8. The summed E-state index contributed by atoms with van der Waals surface area (Å²) in [6.45, 7) is 1.35. The van der Waals surface area contributed by atoms with E-state index in [9.17, 15) is 0 Å². The lowest BCUT2D eigenvalue weighted by Gasteiger charge is -2.21. The van der Waals surface area contributed by atoms with E-state index < -0.39 is 0 Å². The predicted octanol–water partition coefficient (Wildman–Crippen LogP) is 1.63. The van der Waals surface area contributed by atoms with Gasteiger partial charge in [0, 0.05) is 19.2 Å².